The third kappa shape index (κ3) is 4.77. The molecule has 0 saturated carbocycles. The molecule has 108 valence electrons. The van der Waals surface area contributed by atoms with Gasteiger partial charge in [0, 0.05) is 0 Å². The number of hydrogen-bond acceptors (Lipinski definition) is 4. The van der Waals surface area contributed by atoms with Crippen LogP contribution in [0.15, 0.2) is 23.1 Å². The van der Waals surface area contributed by atoms with Gasteiger partial charge in [-0.25, -0.2) is 26.4 Å². The van der Waals surface area contributed by atoms with Crippen LogP contribution in [0.2, 0.25) is 0 Å². The van der Waals surface area contributed by atoms with Crippen LogP contribution in [0.5, 0.6) is 0 Å². The fourth-order valence-corrected chi connectivity index (χ4v) is 3.11. The molecule has 0 amide bonds. The molecular formula is C10H15FN2O4S2. The van der Waals surface area contributed by atoms with Crippen LogP contribution in [-0.4, -0.2) is 22.6 Å². The van der Waals surface area contributed by atoms with Gasteiger partial charge in [0.05, 0.1) is 16.3 Å². The monoisotopic (exact) mass is 310 g/mol. The molecule has 0 aliphatic rings. The molecule has 19 heavy (non-hydrogen) atoms. The minimum atomic E-state index is -4.02. The Morgan fingerprint density at radius 1 is 1.26 bits per heavy atom. The molecule has 1 rings (SSSR count). The largest absolute Gasteiger partial charge is 0.281 e. The van der Waals surface area contributed by atoms with Gasteiger partial charge in [-0.05, 0) is 24.6 Å². The van der Waals surface area contributed by atoms with Gasteiger partial charge in [0.1, 0.15) is 5.82 Å². The molecule has 0 radical (unpaired) electrons. The van der Waals surface area contributed by atoms with Crippen LogP contribution in [0.4, 0.5) is 10.1 Å². The summed E-state index contributed by atoms with van der Waals surface area (Å²) in [6.45, 7) is 1.83. The van der Waals surface area contributed by atoms with E-state index >= 15 is 0 Å². The van der Waals surface area contributed by atoms with Crippen molar-refractivity contribution in [1.82, 2.24) is 0 Å². The summed E-state index contributed by atoms with van der Waals surface area (Å²) < 4.78 is 60.8. The maximum atomic E-state index is 13.6. The summed E-state index contributed by atoms with van der Waals surface area (Å²) in [4.78, 5) is -0.415. The van der Waals surface area contributed by atoms with Crippen molar-refractivity contribution in [2.24, 2.45) is 5.14 Å². The quantitative estimate of drug-likeness (QED) is 0.818. The third-order valence-electron chi connectivity index (χ3n) is 2.30. The first kappa shape index (κ1) is 15.9. The lowest BCUT2D eigenvalue weighted by molar-refractivity contribution is 0.592. The van der Waals surface area contributed by atoms with Crippen molar-refractivity contribution in [2.45, 2.75) is 24.7 Å². The Morgan fingerprint density at radius 2 is 1.89 bits per heavy atom. The van der Waals surface area contributed by atoms with E-state index < -0.39 is 30.8 Å². The van der Waals surface area contributed by atoms with Crippen molar-refractivity contribution >= 4 is 25.7 Å². The number of nitrogens with one attached hydrogen (secondary N) is 1. The average Bonchev–Trinajstić information content (AvgIpc) is 2.27. The maximum absolute atomic E-state index is 13.6. The number of unbranched alkanes of at least 4 members (excludes halogenated alkanes) is 1. The molecule has 0 saturated heterocycles. The standard InChI is InChI=1S/C10H15FN2O4S2/c1-2-3-6-18(14,15)13-10-5-4-8(7-9(10)11)19(12,16)17/h4-5,7,13H,2-3,6H2,1H3,(H2,12,16,17). The van der Waals surface area contributed by atoms with E-state index in [1.807, 2.05) is 6.92 Å². The Bertz CT molecular complexity index is 656. The van der Waals surface area contributed by atoms with E-state index in [9.17, 15) is 21.2 Å². The van der Waals surface area contributed by atoms with E-state index in [1.54, 1.807) is 0 Å². The first-order chi connectivity index (χ1) is 8.65. The number of nitrogens with two attached hydrogens (primary N) is 1. The minimum absolute atomic E-state index is 0.125. The van der Waals surface area contributed by atoms with E-state index in [4.69, 9.17) is 5.14 Å². The lowest BCUT2D eigenvalue weighted by Gasteiger charge is -2.09. The van der Waals surface area contributed by atoms with Crippen molar-refractivity contribution in [3.05, 3.63) is 24.0 Å². The van der Waals surface area contributed by atoms with Gasteiger partial charge in [0.25, 0.3) is 0 Å². The second kappa shape index (κ2) is 5.85. The van der Waals surface area contributed by atoms with E-state index in [0.717, 1.165) is 12.1 Å². The summed E-state index contributed by atoms with van der Waals surface area (Å²) in [6, 6.07) is 2.74. The van der Waals surface area contributed by atoms with Gasteiger partial charge in [0.2, 0.25) is 20.0 Å². The molecule has 0 fully saturated rings. The molecule has 6 nitrogen and oxygen atoms in total. The maximum Gasteiger partial charge on any atom is 0.238 e. The molecule has 0 aliphatic heterocycles. The third-order valence-corrected chi connectivity index (χ3v) is 4.57. The highest BCUT2D eigenvalue weighted by molar-refractivity contribution is 7.92. The van der Waals surface area contributed by atoms with Crippen LogP contribution >= 0.6 is 0 Å². The van der Waals surface area contributed by atoms with Crippen LogP contribution in [0, 0.1) is 5.82 Å². The van der Waals surface area contributed by atoms with Crippen LogP contribution in [0.1, 0.15) is 19.8 Å². The van der Waals surface area contributed by atoms with E-state index in [1.165, 1.54) is 0 Å². The zero-order valence-electron chi connectivity index (χ0n) is 10.3. The first-order valence-corrected chi connectivity index (χ1v) is 8.68. The van der Waals surface area contributed by atoms with Gasteiger partial charge in [-0.2, -0.15) is 0 Å². The number of primary sulfonamides is 1. The molecule has 1 aromatic carbocycles. The highest BCUT2D eigenvalue weighted by Gasteiger charge is 2.15. The van der Waals surface area contributed by atoms with E-state index in [0.29, 0.717) is 18.9 Å². The van der Waals surface area contributed by atoms with Gasteiger partial charge in [-0.3, -0.25) is 4.72 Å². The molecule has 0 unspecified atom stereocenters. The fraction of sp³-hybridized carbons (Fsp3) is 0.400. The molecule has 0 spiro atoms. The highest BCUT2D eigenvalue weighted by atomic mass is 32.2. The molecule has 9 heteroatoms. The predicted octanol–water partition coefficient (Wildman–Crippen LogP) is 1.01. The summed E-state index contributed by atoms with van der Waals surface area (Å²) in [7, 11) is -7.66. The Balaban J connectivity index is 2.99. The second-order valence-electron chi connectivity index (χ2n) is 3.96. The van der Waals surface area contributed by atoms with Gasteiger partial charge in [-0.15, -0.1) is 0 Å². The smallest absolute Gasteiger partial charge is 0.238 e. The number of benzene rings is 1. The number of sulfonamides is 2. The lowest BCUT2D eigenvalue weighted by Crippen LogP contribution is -2.18. The van der Waals surface area contributed by atoms with Crippen molar-refractivity contribution in [2.75, 3.05) is 10.5 Å². The van der Waals surface area contributed by atoms with E-state index in [2.05, 4.69) is 4.72 Å². The van der Waals surface area contributed by atoms with Gasteiger partial charge >= 0.3 is 0 Å². The normalized spacial score (nSPS) is 12.4. The molecule has 0 aromatic heterocycles. The van der Waals surface area contributed by atoms with Crippen LogP contribution < -0.4 is 9.86 Å². The predicted molar refractivity (Wildman–Crippen MR) is 70.1 cm³/mol. The molecule has 3 N–H and O–H groups in total. The van der Waals surface area contributed by atoms with Crippen molar-refractivity contribution in [3.63, 3.8) is 0 Å². The molecule has 0 bridgehead atoms. The van der Waals surface area contributed by atoms with Crippen LogP contribution in [0.3, 0.4) is 0 Å². The number of hydrogen-bond donors (Lipinski definition) is 2. The summed E-state index contributed by atoms with van der Waals surface area (Å²) in [5.41, 5.74) is -0.302. The zero-order valence-corrected chi connectivity index (χ0v) is 11.9. The molecule has 1 aromatic rings. The summed E-state index contributed by atoms with van der Waals surface area (Å²) in [6.07, 6.45) is 1.14. The molecule has 0 atom stereocenters. The minimum Gasteiger partial charge on any atom is -0.281 e. The Morgan fingerprint density at radius 3 is 2.37 bits per heavy atom. The summed E-state index contributed by atoms with van der Waals surface area (Å²) in [5, 5.41) is 4.84. The Hall–Kier alpha value is -1.19. The Kier molecular flexibility index (Phi) is 4.88. The Labute approximate surface area is 111 Å². The second-order valence-corrected chi connectivity index (χ2v) is 7.36. The fourth-order valence-electron chi connectivity index (χ4n) is 1.31. The zero-order chi connectivity index (χ0) is 14.7. The number of halogens is 1. The van der Waals surface area contributed by atoms with Crippen LogP contribution in [-0.2, 0) is 20.0 Å². The van der Waals surface area contributed by atoms with Crippen molar-refractivity contribution in [3.8, 4) is 0 Å². The average molecular weight is 310 g/mol. The lowest BCUT2D eigenvalue weighted by atomic mass is 10.3. The van der Waals surface area contributed by atoms with Crippen molar-refractivity contribution in [1.29, 1.82) is 0 Å². The van der Waals surface area contributed by atoms with Gasteiger partial charge < -0.3 is 0 Å². The van der Waals surface area contributed by atoms with Crippen LogP contribution in [0.25, 0.3) is 0 Å². The molecule has 0 aliphatic carbocycles. The van der Waals surface area contributed by atoms with Gasteiger partial charge in [-0.1, -0.05) is 13.3 Å². The highest BCUT2D eigenvalue weighted by Crippen LogP contribution is 2.19. The first-order valence-electron chi connectivity index (χ1n) is 5.48. The topological polar surface area (TPSA) is 106 Å². The number of anilines is 1. The number of rotatable bonds is 6. The van der Waals surface area contributed by atoms with Gasteiger partial charge in [0.15, 0.2) is 0 Å². The SMILES string of the molecule is CCCCS(=O)(=O)Nc1ccc(S(N)(=O)=O)cc1F. The van der Waals surface area contributed by atoms with Crippen molar-refractivity contribution < 1.29 is 21.2 Å². The molecule has 0 heterocycles. The summed E-state index contributed by atoms with van der Waals surface area (Å²) >= 11 is 0. The van der Waals surface area contributed by atoms with E-state index in [-0.39, 0.29) is 11.4 Å². The summed E-state index contributed by atoms with van der Waals surface area (Å²) in [5.74, 6) is -1.12. The molecular weight excluding hydrogens is 295 g/mol.